The molecular formula is C7H3ClNOS. The number of hydrogen-bond acceptors (Lipinski definition) is 2. The molecule has 0 spiro atoms. The fourth-order valence-corrected chi connectivity index (χ4v) is 1.73. The zero-order valence-corrected chi connectivity index (χ0v) is 6.92. The first-order valence-corrected chi connectivity index (χ1v) is 4.15. The van der Waals surface area contributed by atoms with Crippen molar-refractivity contribution in [3.8, 4) is 0 Å². The summed E-state index contributed by atoms with van der Waals surface area (Å²) >= 11 is 6.81. The van der Waals surface area contributed by atoms with Gasteiger partial charge in [0.15, 0.2) is 0 Å². The van der Waals surface area contributed by atoms with Crippen LogP contribution in [0.2, 0.25) is 5.02 Å². The number of nitrogens with one attached hydrogen (secondary N) is 1. The van der Waals surface area contributed by atoms with Gasteiger partial charge in [-0.2, -0.15) is 0 Å². The summed E-state index contributed by atoms with van der Waals surface area (Å²) in [5.41, 5.74) is 0.781. The minimum atomic E-state index is -0.0596. The Bertz CT molecular complexity index is 445. The van der Waals surface area contributed by atoms with Crippen LogP contribution in [-0.4, -0.2) is 4.98 Å². The maximum atomic E-state index is 10.8. The van der Waals surface area contributed by atoms with E-state index < -0.39 is 0 Å². The molecule has 1 aromatic heterocycles. The minimum Gasteiger partial charge on any atom is -0.312 e. The second kappa shape index (κ2) is 2.36. The van der Waals surface area contributed by atoms with Crippen molar-refractivity contribution in [3.63, 3.8) is 0 Å². The minimum absolute atomic E-state index is 0.0596. The molecule has 0 atom stereocenters. The van der Waals surface area contributed by atoms with Gasteiger partial charge in [0, 0.05) is 6.07 Å². The Labute approximate surface area is 71.4 Å². The molecule has 2 aromatic rings. The van der Waals surface area contributed by atoms with Crippen molar-refractivity contribution in [2.24, 2.45) is 0 Å². The molecule has 0 fully saturated rings. The van der Waals surface area contributed by atoms with Gasteiger partial charge in [-0.15, -0.1) is 0 Å². The molecule has 1 radical (unpaired) electrons. The highest BCUT2D eigenvalue weighted by atomic mass is 35.5. The average molecular weight is 185 g/mol. The number of aromatic amines is 1. The van der Waals surface area contributed by atoms with E-state index in [1.54, 1.807) is 12.1 Å². The van der Waals surface area contributed by atoms with E-state index in [9.17, 15) is 4.79 Å². The van der Waals surface area contributed by atoms with Crippen LogP contribution in [0.4, 0.5) is 0 Å². The number of benzene rings is 1. The van der Waals surface area contributed by atoms with Crippen LogP contribution < -0.4 is 4.87 Å². The fraction of sp³-hybridized carbons (Fsp3) is 0. The van der Waals surface area contributed by atoms with Crippen LogP contribution in [0.5, 0.6) is 0 Å². The zero-order chi connectivity index (χ0) is 7.84. The van der Waals surface area contributed by atoms with Crippen molar-refractivity contribution >= 4 is 33.2 Å². The molecule has 0 aliphatic rings. The Hall–Kier alpha value is -0.800. The molecule has 11 heavy (non-hydrogen) atoms. The van der Waals surface area contributed by atoms with Gasteiger partial charge in [-0.25, -0.2) is 0 Å². The van der Waals surface area contributed by atoms with Crippen LogP contribution >= 0.6 is 22.9 Å². The van der Waals surface area contributed by atoms with Gasteiger partial charge in [0.05, 0.1) is 15.2 Å². The molecule has 0 bridgehead atoms. The van der Waals surface area contributed by atoms with E-state index in [1.165, 1.54) is 0 Å². The highest BCUT2D eigenvalue weighted by molar-refractivity contribution is 7.16. The van der Waals surface area contributed by atoms with E-state index in [1.807, 2.05) is 0 Å². The second-order valence-electron chi connectivity index (χ2n) is 2.07. The van der Waals surface area contributed by atoms with Crippen LogP contribution in [0.15, 0.2) is 16.9 Å². The van der Waals surface area contributed by atoms with E-state index in [4.69, 9.17) is 11.6 Å². The van der Waals surface area contributed by atoms with Gasteiger partial charge in [-0.1, -0.05) is 22.9 Å². The molecule has 1 N–H and O–H groups in total. The number of hydrogen-bond donors (Lipinski definition) is 1. The summed E-state index contributed by atoms with van der Waals surface area (Å²) < 4.78 is 0.888. The summed E-state index contributed by atoms with van der Waals surface area (Å²) in [5.74, 6) is 0. The molecule has 0 aliphatic heterocycles. The molecule has 2 rings (SSSR count). The lowest BCUT2D eigenvalue weighted by atomic mass is 10.3. The summed E-state index contributed by atoms with van der Waals surface area (Å²) in [5, 5.41) is 0.520. The van der Waals surface area contributed by atoms with Crippen molar-refractivity contribution in [3.05, 3.63) is 32.9 Å². The molecule has 2 nitrogen and oxygen atoms in total. The van der Waals surface area contributed by atoms with Crippen molar-refractivity contribution in [1.82, 2.24) is 4.98 Å². The summed E-state index contributed by atoms with van der Waals surface area (Å²) in [6.07, 6.45) is 0. The predicted molar refractivity (Wildman–Crippen MR) is 46.3 cm³/mol. The molecule has 0 unspecified atom stereocenters. The van der Waals surface area contributed by atoms with Gasteiger partial charge in [0.1, 0.15) is 0 Å². The van der Waals surface area contributed by atoms with Crippen LogP contribution in [-0.2, 0) is 0 Å². The van der Waals surface area contributed by atoms with Gasteiger partial charge in [-0.3, -0.25) is 4.79 Å². The lowest BCUT2D eigenvalue weighted by Gasteiger charge is -1.86. The monoisotopic (exact) mass is 184 g/mol. The number of aromatic nitrogens is 1. The Morgan fingerprint density at radius 1 is 1.64 bits per heavy atom. The summed E-state index contributed by atoms with van der Waals surface area (Å²) in [6.45, 7) is 0. The highest BCUT2D eigenvalue weighted by Gasteiger charge is 1.98. The molecular weight excluding hydrogens is 182 g/mol. The van der Waals surface area contributed by atoms with Crippen LogP contribution in [0.1, 0.15) is 0 Å². The zero-order valence-electron chi connectivity index (χ0n) is 5.35. The number of H-pyrrole nitrogens is 1. The van der Waals surface area contributed by atoms with Crippen LogP contribution in [0.3, 0.4) is 0 Å². The number of thiazole rings is 1. The topological polar surface area (TPSA) is 32.9 Å². The third-order valence-electron chi connectivity index (χ3n) is 1.32. The van der Waals surface area contributed by atoms with Gasteiger partial charge >= 0.3 is 4.87 Å². The molecule has 0 amide bonds. The first kappa shape index (κ1) is 6.88. The smallest absolute Gasteiger partial charge is 0.305 e. The Kier molecular flexibility index (Phi) is 1.47. The molecule has 0 saturated heterocycles. The van der Waals surface area contributed by atoms with Crippen molar-refractivity contribution in [2.75, 3.05) is 0 Å². The maximum absolute atomic E-state index is 10.8. The first-order valence-electron chi connectivity index (χ1n) is 2.96. The van der Waals surface area contributed by atoms with E-state index in [0.29, 0.717) is 5.02 Å². The molecule has 0 aliphatic carbocycles. The van der Waals surface area contributed by atoms with Gasteiger partial charge < -0.3 is 4.98 Å². The summed E-state index contributed by atoms with van der Waals surface area (Å²) in [4.78, 5) is 13.4. The quantitative estimate of drug-likeness (QED) is 0.668. The predicted octanol–water partition coefficient (Wildman–Crippen LogP) is 2.04. The molecule has 0 saturated carbocycles. The number of fused-ring (bicyclic) bond motifs is 1. The van der Waals surface area contributed by atoms with Gasteiger partial charge in [0.2, 0.25) is 0 Å². The fourth-order valence-electron chi connectivity index (χ4n) is 0.869. The third-order valence-corrected chi connectivity index (χ3v) is 2.38. The standard InChI is InChI=1S/C7H3ClNOS/c8-4-1-2-6-5(3-4)9-7(10)11-6/h2-3H,(H,9,10). The van der Waals surface area contributed by atoms with Crippen LogP contribution in [0.25, 0.3) is 10.2 Å². The van der Waals surface area contributed by atoms with E-state index in [0.717, 1.165) is 21.6 Å². The number of rotatable bonds is 0. The highest BCUT2D eigenvalue weighted by Crippen LogP contribution is 2.17. The average Bonchev–Trinajstić information content (AvgIpc) is 2.27. The van der Waals surface area contributed by atoms with E-state index >= 15 is 0 Å². The largest absolute Gasteiger partial charge is 0.312 e. The van der Waals surface area contributed by atoms with E-state index in [-0.39, 0.29) is 4.87 Å². The Morgan fingerprint density at radius 2 is 2.45 bits per heavy atom. The molecule has 1 heterocycles. The molecule has 1 aromatic carbocycles. The maximum Gasteiger partial charge on any atom is 0.305 e. The van der Waals surface area contributed by atoms with Gasteiger partial charge in [0.25, 0.3) is 0 Å². The van der Waals surface area contributed by atoms with Crippen molar-refractivity contribution < 1.29 is 0 Å². The summed E-state index contributed by atoms with van der Waals surface area (Å²) in [7, 11) is 0. The molecule has 55 valence electrons. The first-order chi connectivity index (χ1) is 5.25. The Balaban J connectivity index is 2.92. The Morgan fingerprint density at radius 3 is 3.27 bits per heavy atom. The van der Waals surface area contributed by atoms with Gasteiger partial charge in [-0.05, 0) is 12.1 Å². The SMILES string of the molecule is O=c1[nH]c2cc(Cl)[c]cc2s1. The van der Waals surface area contributed by atoms with Crippen molar-refractivity contribution in [2.45, 2.75) is 0 Å². The normalized spacial score (nSPS) is 10.6. The lowest BCUT2D eigenvalue weighted by Crippen LogP contribution is -1.89. The summed E-state index contributed by atoms with van der Waals surface area (Å²) in [6, 6.07) is 6.20. The number of halogens is 1. The van der Waals surface area contributed by atoms with Crippen LogP contribution in [0, 0.1) is 6.07 Å². The van der Waals surface area contributed by atoms with E-state index in [2.05, 4.69) is 11.1 Å². The van der Waals surface area contributed by atoms with Crippen molar-refractivity contribution in [1.29, 1.82) is 0 Å². The molecule has 4 heteroatoms. The lowest BCUT2D eigenvalue weighted by molar-refractivity contribution is 1.41. The second-order valence-corrected chi connectivity index (χ2v) is 3.50. The third kappa shape index (κ3) is 1.17.